The summed E-state index contributed by atoms with van der Waals surface area (Å²) in [5.41, 5.74) is 0. The molecular formula is C10H20ClO4P. The Hall–Kier alpha value is 0.110. The average Bonchev–Trinajstić information content (AvgIpc) is 2.26. The lowest BCUT2D eigenvalue weighted by Crippen LogP contribution is -2.31. The van der Waals surface area contributed by atoms with Crippen LogP contribution in [0.2, 0.25) is 0 Å². The van der Waals surface area contributed by atoms with Crippen LogP contribution in [-0.4, -0.2) is 31.0 Å². The monoisotopic (exact) mass is 270 g/mol. The van der Waals surface area contributed by atoms with Crippen molar-refractivity contribution in [3.05, 3.63) is 0 Å². The molecule has 4 nitrogen and oxygen atoms in total. The average molecular weight is 271 g/mol. The Balaban J connectivity index is 4.50. The van der Waals surface area contributed by atoms with Gasteiger partial charge in [0.25, 0.3) is 0 Å². The first-order chi connectivity index (χ1) is 7.31. The maximum Gasteiger partial charge on any atom is 0.337 e. The predicted molar refractivity (Wildman–Crippen MR) is 65.3 cm³/mol. The maximum absolute atomic E-state index is 11.8. The molecule has 0 aromatic carbocycles. The first-order valence-corrected chi connectivity index (χ1v) is 7.34. The third-order valence-corrected chi connectivity index (χ3v) is 4.66. The maximum atomic E-state index is 11.8. The predicted octanol–water partition coefficient (Wildman–Crippen LogP) is 3.23. The molecule has 6 heteroatoms. The Morgan fingerprint density at radius 3 is 2.25 bits per heavy atom. The highest BCUT2D eigenvalue weighted by Crippen LogP contribution is 2.47. The van der Waals surface area contributed by atoms with Crippen LogP contribution < -0.4 is 0 Å². The van der Waals surface area contributed by atoms with Crippen LogP contribution in [-0.2, 0) is 18.4 Å². The summed E-state index contributed by atoms with van der Waals surface area (Å²) in [5, 5.41) is 0. The minimum Gasteiger partial charge on any atom is -0.312 e. The van der Waals surface area contributed by atoms with Crippen LogP contribution in [0.25, 0.3) is 0 Å². The van der Waals surface area contributed by atoms with Crippen molar-refractivity contribution in [3.63, 3.8) is 0 Å². The van der Waals surface area contributed by atoms with E-state index in [1.165, 1.54) is 14.2 Å². The van der Waals surface area contributed by atoms with Gasteiger partial charge in [-0.3, -0.25) is 9.36 Å². The number of carbonyl (C=O) groups is 1. The fourth-order valence-electron chi connectivity index (χ4n) is 1.19. The number of rotatable bonds is 8. The molecule has 96 valence electrons. The number of carbonyl (C=O) groups excluding carboxylic acids is 1. The second-order valence-electron chi connectivity index (χ2n) is 3.86. The Morgan fingerprint density at radius 2 is 1.88 bits per heavy atom. The lowest BCUT2D eigenvalue weighted by Gasteiger charge is -2.22. The van der Waals surface area contributed by atoms with E-state index >= 15 is 0 Å². The van der Waals surface area contributed by atoms with Gasteiger partial charge in [0.15, 0.2) is 5.78 Å². The summed E-state index contributed by atoms with van der Waals surface area (Å²) in [6.07, 6.45) is 2.11. The molecule has 0 fully saturated rings. The molecule has 0 amide bonds. The van der Waals surface area contributed by atoms with Gasteiger partial charge in [-0.1, -0.05) is 19.8 Å². The summed E-state index contributed by atoms with van der Waals surface area (Å²) in [7, 11) is -0.782. The molecule has 0 heterocycles. The van der Waals surface area contributed by atoms with Crippen LogP contribution in [0.15, 0.2) is 0 Å². The normalized spacial score (nSPS) is 15.8. The number of hydrogen-bond donors (Lipinski definition) is 0. The fraction of sp³-hybridized carbons (Fsp3) is 0.900. The van der Waals surface area contributed by atoms with Crippen LogP contribution in [0.4, 0.5) is 0 Å². The molecule has 1 unspecified atom stereocenters. The van der Waals surface area contributed by atoms with E-state index in [0.29, 0.717) is 6.42 Å². The molecule has 0 saturated carbocycles. The minimum atomic E-state index is -3.30. The molecule has 0 aliphatic heterocycles. The molecule has 0 aliphatic carbocycles. The second-order valence-corrected chi connectivity index (χ2v) is 6.96. The van der Waals surface area contributed by atoms with Crippen molar-refractivity contribution in [2.45, 2.75) is 38.0 Å². The summed E-state index contributed by atoms with van der Waals surface area (Å²) in [6.45, 7) is 3.66. The van der Waals surface area contributed by atoms with E-state index in [1.807, 2.05) is 6.92 Å². The van der Waals surface area contributed by atoms with Gasteiger partial charge in [0.05, 0.1) is 0 Å². The Labute approximate surface area is 102 Å². The van der Waals surface area contributed by atoms with Crippen LogP contribution in [0.3, 0.4) is 0 Å². The highest BCUT2D eigenvalue weighted by atomic mass is 35.5. The van der Waals surface area contributed by atoms with Crippen molar-refractivity contribution < 1.29 is 18.4 Å². The van der Waals surface area contributed by atoms with E-state index < -0.39 is 12.5 Å². The van der Waals surface area contributed by atoms with Crippen molar-refractivity contribution in [2.75, 3.05) is 20.4 Å². The second kappa shape index (κ2) is 6.75. The van der Waals surface area contributed by atoms with Gasteiger partial charge in [0, 0.05) is 14.2 Å². The number of unbranched alkanes of at least 4 members (excludes halogenated alkanes) is 1. The summed E-state index contributed by atoms with van der Waals surface area (Å²) < 4.78 is 21.2. The van der Waals surface area contributed by atoms with Gasteiger partial charge < -0.3 is 9.05 Å². The molecule has 0 N–H and O–H groups in total. The topological polar surface area (TPSA) is 52.6 Å². The Kier molecular flexibility index (Phi) is 6.80. The van der Waals surface area contributed by atoms with Crippen LogP contribution in [0.1, 0.15) is 33.1 Å². The van der Waals surface area contributed by atoms with Crippen LogP contribution in [0.5, 0.6) is 0 Å². The summed E-state index contributed by atoms with van der Waals surface area (Å²) in [6, 6.07) is 0. The van der Waals surface area contributed by atoms with E-state index in [4.69, 9.17) is 20.6 Å². The number of ketones is 1. The number of Topliss-reactive ketones (excluding diaryl/α,β-unsaturated/α-hetero) is 1. The van der Waals surface area contributed by atoms with Gasteiger partial charge in [0.2, 0.25) is 0 Å². The van der Waals surface area contributed by atoms with Crippen molar-refractivity contribution >= 4 is 25.0 Å². The molecule has 16 heavy (non-hydrogen) atoms. The number of hydrogen-bond acceptors (Lipinski definition) is 4. The van der Waals surface area contributed by atoms with Gasteiger partial charge in [0.1, 0.15) is 11.0 Å². The third-order valence-electron chi connectivity index (χ3n) is 2.47. The molecule has 0 aromatic rings. The molecule has 0 radical (unpaired) electrons. The van der Waals surface area contributed by atoms with Crippen molar-refractivity contribution in [3.8, 4) is 0 Å². The van der Waals surface area contributed by atoms with E-state index in [1.54, 1.807) is 6.92 Å². The fourth-order valence-corrected chi connectivity index (χ4v) is 2.59. The molecule has 0 aromatic heterocycles. The smallest absolute Gasteiger partial charge is 0.312 e. The highest BCUT2D eigenvalue weighted by molar-refractivity contribution is 7.54. The lowest BCUT2D eigenvalue weighted by atomic mass is 10.00. The zero-order valence-corrected chi connectivity index (χ0v) is 11.9. The lowest BCUT2D eigenvalue weighted by molar-refractivity contribution is -0.119. The molecule has 0 bridgehead atoms. The van der Waals surface area contributed by atoms with Crippen molar-refractivity contribution in [1.29, 1.82) is 0 Å². The van der Waals surface area contributed by atoms with Crippen LogP contribution >= 0.6 is 19.2 Å². The Bertz CT molecular complexity index is 270. The molecular weight excluding hydrogens is 251 g/mol. The van der Waals surface area contributed by atoms with E-state index in [2.05, 4.69) is 0 Å². The molecule has 0 spiro atoms. The minimum absolute atomic E-state index is 0.274. The van der Waals surface area contributed by atoms with E-state index in [-0.39, 0.29) is 11.9 Å². The first kappa shape index (κ1) is 16.1. The highest BCUT2D eigenvalue weighted by Gasteiger charge is 2.36. The number of halogens is 1. The third kappa shape index (κ3) is 4.96. The Morgan fingerprint density at radius 1 is 1.38 bits per heavy atom. The quantitative estimate of drug-likeness (QED) is 0.502. The summed E-state index contributed by atoms with van der Waals surface area (Å²) >= 11 is 6.10. The van der Waals surface area contributed by atoms with Gasteiger partial charge in [-0.05, 0) is 13.3 Å². The van der Waals surface area contributed by atoms with Gasteiger partial charge >= 0.3 is 7.60 Å². The SMILES string of the molecule is CCCCC(C)(Cl)C(=O)CP(=O)(OC)OC. The molecule has 0 aliphatic rings. The molecule has 0 rings (SSSR count). The summed E-state index contributed by atoms with van der Waals surface area (Å²) in [5.74, 6) is -0.297. The van der Waals surface area contributed by atoms with Crippen molar-refractivity contribution in [2.24, 2.45) is 0 Å². The summed E-state index contributed by atoms with van der Waals surface area (Å²) in [4.78, 5) is 10.9. The largest absolute Gasteiger partial charge is 0.337 e. The van der Waals surface area contributed by atoms with Crippen molar-refractivity contribution in [1.82, 2.24) is 0 Å². The first-order valence-electron chi connectivity index (χ1n) is 5.24. The van der Waals surface area contributed by atoms with Crippen LogP contribution in [0, 0.1) is 0 Å². The number of alkyl halides is 1. The zero-order valence-electron chi connectivity index (χ0n) is 10.3. The van der Waals surface area contributed by atoms with Gasteiger partial charge in [-0.15, -0.1) is 11.6 Å². The molecule has 0 saturated heterocycles. The molecule has 1 atom stereocenters. The van der Waals surface area contributed by atoms with E-state index in [9.17, 15) is 9.36 Å². The van der Waals surface area contributed by atoms with Gasteiger partial charge in [-0.2, -0.15) is 0 Å². The zero-order chi connectivity index (χ0) is 12.8. The van der Waals surface area contributed by atoms with Gasteiger partial charge in [-0.25, -0.2) is 0 Å². The standard InChI is InChI=1S/C10H20ClO4P/c1-5-6-7-10(2,11)9(12)8-16(13,14-3)15-4/h5-8H2,1-4H3. The van der Waals surface area contributed by atoms with E-state index in [0.717, 1.165) is 12.8 Å².